The van der Waals surface area contributed by atoms with Gasteiger partial charge in [0.15, 0.2) is 0 Å². The third-order valence-electron chi connectivity index (χ3n) is 3.76. The Hall–Kier alpha value is -2.86. The largest absolute Gasteiger partial charge is 0.357 e. The van der Waals surface area contributed by atoms with Crippen molar-refractivity contribution in [3.8, 4) is 0 Å². The highest BCUT2D eigenvalue weighted by molar-refractivity contribution is 6.32. The van der Waals surface area contributed by atoms with Crippen molar-refractivity contribution in [1.82, 2.24) is 20.2 Å². The fourth-order valence-electron chi connectivity index (χ4n) is 2.37. The van der Waals surface area contributed by atoms with Crippen molar-refractivity contribution in [2.45, 2.75) is 20.4 Å². The number of aromatic amines is 1. The summed E-state index contributed by atoms with van der Waals surface area (Å²) in [4.78, 5) is 14.6. The summed E-state index contributed by atoms with van der Waals surface area (Å²) in [5.41, 5.74) is 6.64. The van der Waals surface area contributed by atoms with Crippen LogP contribution in [0.15, 0.2) is 47.7 Å². The molecule has 1 aromatic carbocycles. The molecule has 0 saturated carbocycles. The Bertz CT molecular complexity index is 894. The molecule has 7 heteroatoms. The molecule has 2 aromatic heterocycles. The maximum atomic E-state index is 11.8. The first kappa shape index (κ1) is 17.0. The van der Waals surface area contributed by atoms with Gasteiger partial charge >= 0.3 is 0 Å². The third-order valence-corrected chi connectivity index (χ3v) is 4.16. The topological polar surface area (TPSA) is 75.1 Å². The average Bonchev–Trinajstić information content (AvgIpc) is 3.21. The van der Waals surface area contributed by atoms with Crippen LogP contribution >= 0.6 is 11.6 Å². The summed E-state index contributed by atoms with van der Waals surface area (Å²) in [6, 6.07) is 11.6. The summed E-state index contributed by atoms with van der Waals surface area (Å²) in [5, 5.41) is 8.90. The van der Waals surface area contributed by atoms with Crippen LogP contribution in [-0.2, 0) is 6.54 Å². The lowest BCUT2D eigenvalue weighted by atomic mass is 10.1. The van der Waals surface area contributed by atoms with E-state index in [4.69, 9.17) is 11.6 Å². The fourth-order valence-corrected chi connectivity index (χ4v) is 2.66. The van der Waals surface area contributed by atoms with E-state index < -0.39 is 0 Å². The molecular weight excluding hydrogens is 338 g/mol. The molecule has 0 aliphatic carbocycles. The standard InChI is InChI=1S/C18H18ClN5O/c1-12-5-7-14(8-6-12)11-24-17(19)15(13(2)23-24)10-21-22-18(25)16-4-3-9-20-16/h3-10,20H,11H2,1-2H3,(H,22,25)/b21-10-. The summed E-state index contributed by atoms with van der Waals surface area (Å²) in [6.07, 6.45) is 3.19. The number of amides is 1. The average molecular weight is 356 g/mol. The van der Waals surface area contributed by atoms with E-state index in [0.29, 0.717) is 23.0 Å². The lowest BCUT2D eigenvalue weighted by Gasteiger charge is -2.04. The molecule has 3 aromatic rings. The predicted octanol–water partition coefficient (Wildman–Crippen LogP) is 3.29. The molecular formula is C18H18ClN5O. The highest BCUT2D eigenvalue weighted by atomic mass is 35.5. The molecule has 3 rings (SSSR count). The van der Waals surface area contributed by atoms with Crippen LogP contribution in [0.5, 0.6) is 0 Å². The number of carbonyl (C=O) groups is 1. The lowest BCUT2D eigenvalue weighted by molar-refractivity contribution is 0.0951. The lowest BCUT2D eigenvalue weighted by Crippen LogP contribution is -2.17. The molecule has 0 atom stereocenters. The van der Waals surface area contributed by atoms with Crippen molar-refractivity contribution >= 4 is 23.7 Å². The number of nitrogens with zero attached hydrogens (tertiary/aromatic N) is 3. The molecule has 2 N–H and O–H groups in total. The molecule has 128 valence electrons. The molecule has 25 heavy (non-hydrogen) atoms. The molecule has 0 aliphatic rings. The zero-order valence-corrected chi connectivity index (χ0v) is 14.7. The molecule has 0 unspecified atom stereocenters. The second kappa shape index (κ2) is 7.36. The van der Waals surface area contributed by atoms with Gasteiger partial charge in [0.05, 0.1) is 24.0 Å². The summed E-state index contributed by atoms with van der Waals surface area (Å²) < 4.78 is 1.72. The number of hydrazone groups is 1. The molecule has 0 fully saturated rings. The summed E-state index contributed by atoms with van der Waals surface area (Å²) in [7, 11) is 0. The van der Waals surface area contributed by atoms with E-state index in [1.165, 1.54) is 11.8 Å². The van der Waals surface area contributed by atoms with E-state index in [1.54, 1.807) is 23.0 Å². The highest BCUT2D eigenvalue weighted by Crippen LogP contribution is 2.19. The third kappa shape index (κ3) is 3.97. The number of hydrogen-bond donors (Lipinski definition) is 2. The van der Waals surface area contributed by atoms with Gasteiger partial charge in [-0.25, -0.2) is 10.1 Å². The van der Waals surface area contributed by atoms with Crippen molar-refractivity contribution in [3.05, 3.63) is 75.8 Å². The van der Waals surface area contributed by atoms with Gasteiger partial charge in [-0.1, -0.05) is 41.4 Å². The molecule has 2 heterocycles. The Kier molecular flexibility index (Phi) is 5.00. The number of rotatable bonds is 5. The van der Waals surface area contributed by atoms with E-state index in [1.807, 2.05) is 26.0 Å². The monoisotopic (exact) mass is 355 g/mol. The molecule has 6 nitrogen and oxygen atoms in total. The Labute approximate surface area is 150 Å². The SMILES string of the molecule is Cc1ccc(Cn2nc(C)c(/C=N\NC(=O)c3ccc[nH]3)c2Cl)cc1. The van der Waals surface area contributed by atoms with Crippen LogP contribution in [-0.4, -0.2) is 26.9 Å². The van der Waals surface area contributed by atoms with Crippen LogP contribution in [0, 0.1) is 13.8 Å². The minimum Gasteiger partial charge on any atom is -0.357 e. The second-order valence-corrected chi connectivity index (χ2v) is 6.07. The first-order chi connectivity index (χ1) is 12.0. The van der Waals surface area contributed by atoms with Gasteiger partial charge in [-0.2, -0.15) is 10.2 Å². The van der Waals surface area contributed by atoms with Crippen LogP contribution in [0.4, 0.5) is 0 Å². The van der Waals surface area contributed by atoms with Gasteiger partial charge in [-0.3, -0.25) is 4.79 Å². The highest BCUT2D eigenvalue weighted by Gasteiger charge is 2.12. The van der Waals surface area contributed by atoms with Crippen molar-refractivity contribution in [2.75, 3.05) is 0 Å². The number of aromatic nitrogens is 3. The Morgan fingerprint density at radius 2 is 2.08 bits per heavy atom. The van der Waals surface area contributed by atoms with Gasteiger partial charge in [-0.05, 0) is 31.5 Å². The van der Waals surface area contributed by atoms with Crippen LogP contribution < -0.4 is 5.43 Å². The first-order valence-electron chi connectivity index (χ1n) is 7.80. The first-order valence-corrected chi connectivity index (χ1v) is 8.17. The molecule has 1 amide bonds. The smallest absolute Gasteiger partial charge is 0.287 e. The number of H-pyrrole nitrogens is 1. The Morgan fingerprint density at radius 3 is 2.76 bits per heavy atom. The summed E-state index contributed by atoms with van der Waals surface area (Å²) in [6.45, 7) is 4.47. The van der Waals surface area contributed by atoms with Crippen LogP contribution in [0.25, 0.3) is 0 Å². The molecule has 0 aliphatic heterocycles. The van der Waals surface area contributed by atoms with E-state index in [-0.39, 0.29) is 5.91 Å². The molecule has 0 bridgehead atoms. The quantitative estimate of drug-likeness (QED) is 0.544. The van der Waals surface area contributed by atoms with Crippen molar-refractivity contribution in [1.29, 1.82) is 0 Å². The van der Waals surface area contributed by atoms with Crippen LogP contribution in [0.3, 0.4) is 0 Å². The molecule has 0 spiro atoms. The van der Waals surface area contributed by atoms with Gasteiger partial charge in [0, 0.05) is 6.20 Å². The van der Waals surface area contributed by atoms with E-state index in [0.717, 1.165) is 11.3 Å². The zero-order valence-electron chi connectivity index (χ0n) is 14.0. The minimum atomic E-state index is -0.318. The van der Waals surface area contributed by atoms with Gasteiger partial charge < -0.3 is 4.98 Å². The number of nitrogens with one attached hydrogen (secondary N) is 2. The normalized spacial score (nSPS) is 11.2. The van der Waals surface area contributed by atoms with Crippen LogP contribution in [0.1, 0.15) is 32.9 Å². The Morgan fingerprint density at radius 1 is 1.32 bits per heavy atom. The number of benzene rings is 1. The minimum absolute atomic E-state index is 0.318. The van der Waals surface area contributed by atoms with Crippen LogP contribution in [0.2, 0.25) is 5.15 Å². The number of aryl methyl sites for hydroxylation is 2. The molecule has 0 radical (unpaired) electrons. The molecule has 0 saturated heterocycles. The summed E-state index contributed by atoms with van der Waals surface area (Å²) >= 11 is 6.42. The second-order valence-electron chi connectivity index (χ2n) is 5.72. The van der Waals surface area contributed by atoms with Gasteiger partial charge in [0.2, 0.25) is 0 Å². The predicted molar refractivity (Wildman–Crippen MR) is 98.1 cm³/mol. The Balaban J connectivity index is 1.72. The van der Waals surface area contributed by atoms with E-state index in [2.05, 4.69) is 32.7 Å². The fraction of sp³-hybridized carbons (Fsp3) is 0.167. The maximum Gasteiger partial charge on any atom is 0.287 e. The van der Waals surface area contributed by atoms with E-state index in [9.17, 15) is 4.79 Å². The van der Waals surface area contributed by atoms with Gasteiger partial charge in [-0.15, -0.1) is 0 Å². The zero-order chi connectivity index (χ0) is 17.8. The van der Waals surface area contributed by atoms with Crippen molar-refractivity contribution in [2.24, 2.45) is 5.10 Å². The number of carbonyl (C=O) groups excluding carboxylic acids is 1. The van der Waals surface area contributed by atoms with Gasteiger partial charge in [0.25, 0.3) is 5.91 Å². The van der Waals surface area contributed by atoms with Gasteiger partial charge in [0.1, 0.15) is 10.8 Å². The maximum absolute atomic E-state index is 11.8. The number of halogens is 1. The van der Waals surface area contributed by atoms with Crippen molar-refractivity contribution in [3.63, 3.8) is 0 Å². The summed E-state index contributed by atoms with van der Waals surface area (Å²) in [5.74, 6) is -0.318. The van der Waals surface area contributed by atoms with Crippen molar-refractivity contribution < 1.29 is 4.79 Å². The number of hydrogen-bond acceptors (Lipinski definition) is 3. The van der Waals surface area contributed by atoms with E-state index >= 15 is 0 Å².